The van der Waals surface area contributed by atoms with Crippen molar-refractivity contribution in [2.24, 2.45) is 0 Å². The molecule has 1 aliphatic heterocycles. The van der Waals surface area contributed by atoms with Crippen molar-refractivity contribution >= 4 is 27.3 Å². The van der Waals surface area contributed by atoms with E-state index in [4.69, 9.17) is 11.6 Å². The van der Waals surface area contributed by atoms with Gasteiger partial charge in [0, 0.05) is 17.9 Å². The number of benzene rings is 1. The van der Waals surface area contributed by atoms with E-state index in [0.29, 0.717) is 16.9 Å². The lowest BCUT2D eigenvalue weighted by Gasteiger charge is -2.41. The van der Waals surface area contributed by atoms with Gasteiger partial charge >= 0.3 is 0 Å². The summed E-state index contributed by atoms with van der Waals surface area (Å²) in [6, 6.07) is 5.88. The van der Waals surface area contributed by atoms with E-state index in [0.717, 1.165) is 25.5 Å². The molecule has 2 unspecified atom stereocenters. The molecule has 2 heterocycles. The fourth-order valence-corrected chi connectivity index (χ4v) is 5.46. The first-order chi connectivity index (χ1) is 15.3. The number of hydrogen-bond acceptors (Lipinski definition) is 5. The number of alkyl halides is 2. The standard InChI is InChI=1S/C21H20ClF3N4O2S/c22-17-7-20-15(6-18(17)25)16(10-26)21(29(20)13-2-1-3-13)19-5-4-14(11-27-19)32(30,31)28-12(8-23)9-24/h4-7,11-13,16,21,28H,1-3,8-9H2. The molecule has 0 bridgehead atoms. The molecule has 1 fully saturated rings. The molecular formula is C21H20ClF3N4O2S. The van der Waals surface area contributed by atoms with Gasteiger partial charge in [0.05, 0.1) is 34.8 Å². The number of anilines is 1. The number of rotatable bonds is 7. The van der Waals surface area contributed by atoms with E-state index in [2.05, 4.69) is 11.1 Å². The molecule has 0 saturated heterocycles. The van der Waals surface area contributed by atoms with E-state index in [1.165, 1.54) is 24.3 Å². The molecule has 1 aromatic heterocycles. The summed E-state index contributed by atoms with van der Waals surface area (Å²) < 4.78 is 66.4. The average Bonchev–Trinajstić information content (AvgIpc) is 3.04. The van der Waals surface area contributed by atoms with Gasteiger partial charge in [0.1, 0.15) is 24.1 Å². The lowest BCUT2D eigenvalue weighted by atomic mass is 9.88. The molecule has 0 amide bonds. The smallest absolute Gasteiger partial charge is 0.242 e. The number of aromatic nitrogens is 1. The first-order valence-corrected chi connectivity index (χ1v) is 11.9. The first kappa shape index (κ1) is 22.8. The molecule has 2 aliphatic rings. The van der Waals surface area contributed by atoms with Crippen LogP contribution in [0.4, 0.5) is 18.9 Å². The second-order valence-electron chi connectivity index (χ2n) is 7.91. The Morgan fingerprint density at radius 2 is 2.00 bits per heavy atom. The summed E-state index contributed by atoms with van der Waals surface area (Å²) in [6.07, 6.45) is 3.91. The molecule has 2 atom stereocenters. The Kier molecular flexibility index (Phi) is 6.34. The normalized spacial score (nSPS) is 20.8. The predicted molar refractivity (Wildman–Crippen MR) is 113 cm³/mol. The monoisotopic (exact) mass is 484 g/mol. The lowest BCUT2D eigenvalue weighted by molar-refractivity contribution is 0.334. The maximum Gasteiger partial charge on any atom is 0.242 e. The maximum absolute atomic E-state index is 14.2. The highest BCUT2D eigenvalue weighted by Gasteiger charge is 2.45. The van der Waals surface area contributed by atoms with Gasteiger partial charge in [-0.05, 0) is 49.1 Å². The lowest BCUT2D eigenvalue weighted by Crippen LogP contribution is -2.41. The number of fused-ring (bicyclic) bond motifs is 1. The number of halogens is 4. The Morgan fingerprint density at radius 1 is 1.28 bits per heavy atom. The van der Waals surface area contributed by atoms with Gasteiger partial charge in [-0.3, -0.25) is 4.98 Å². The van der Waals surface area contributed by atoms with E-state index in [-0.39, 0.29) is 16.0 Å². The second-order valence-corrected chi connectivity index (χ2v) is 10.0. The van der Waals surface area contributed by atoms with Gasteiger partial charge in [0.15, 0.2) is 0 Å². The second kappa shape index (κ2) is 8.89. The summed E-state index contributed by atoms with van der Waals surface area (Å²) in [5, 5.41) is 9.85. The molecule has 32 heavy (non-hydrogen) atoms. The third-order valence-electron chi connectivity index (χ3n) is 5.97. The van der Waals surface area contributed by atoms with Crippen LogP contribution in [0.25, 0.3) is 0 Å². The van der Waals surface area contributed by atoms with Crippen LogP contribution in [-0.2, 0) is 10.0 Å². The number of nitriles is 1. The minimum atomic E-state index is -4.17. The number of sulfonamides is 1. The van der Waals surface area contributed by atoms with Gasteiger partial charge < -0.3 is 4.90 Å². The van der Waals surface area contributed by atoms with Crippen molar-refractivity contribution in [3.8, 4) is 6.07 Å². The highest BCUT2D eigenvalue weighted by atomic mass is 35.5. The highest BCUT2D eigenvalue weighted by molar-refractivity contribution is 7.89. The maximum atomic E-state index is 14.2. The summed E-state index contributed by atoms with van der Waals surface area (Å²) in [5.74, 6) is -1.34. The summed E-state index contributed by atoms with van der Waals surface area (Å²) in [6.45, 7) is -2.36. The predicted octanol–water partition coefficient (Wildman–Crippen LogP) is 4.18. The summed E-state index contributed by atoms with van der Waals surface area (Å²) in [7, 11) is -4.17. The summed E-state index contributed by atoms with van der Waals surface area (Å²) in [4.78, 5) is 6.05. The number of pyridine rings is 1. The van der Waals surface area contributed by atoms with Crippen LogP contribution in [0.15, 0.2) is 35.4 Å². The van der Waals surface area contributed by atoms with E-state index in [9.17, 15) is 26.9 Å². The highest BCUT2D eigenvalue weighted by Crippen LogP contribution is 2.52. The average molecular weight is 485 g/mol. The molecule has 0 spiro atoms. The Morgan fingerprint density at radius 3 is 2.53 bits per heavy atom. The van der Waals surface area contributed by atoms with Crippen molar-refractivity contribution in [2.45, 2.75) is 48.2 Å². The van der Waals surface area contributed by atoms with Crippen molar-refractivity contribution in [3.63, 3.8) is 0 Å². The molecule has 11 heteroatoms. The zero-order valence-electron chi connectivity index (χ0n) is 16.8. The molecule has 4 rings (SSSR count). The van der Waals surface area contributed by atoms with Crippen molar-refractivity contribution < 1.29 is 21.6 Å². The van der Waals surface area contributed by atoms with Crippen LogP contribution in [0, 0.1) is 17.1 Å². The van der Waals surface area contributed by atoms with Gasteiger partial charge in [-0.25, -0.2) is 26.3 Å². The third kappa shape index (κ3) is 3.93. The molecule has 1 aromatic carbocycles. The van der Waals surface area contributed by atoms with Gasteiger partial charge in [-0.15, -0.1) is 0 Å². The van der Waals surface area contributed by atoms with Crippen LogP contribution in [0.3, 0.4) is 0 Å². The topological polar surface area (TPSA) is 86.1 Å². The van der Waals surface area contributed by atoms with Crippen LogP contribution in [0.2, 0.25) is 5.02 Å². The van der Waals surface area contributed by atoms with E-state index in [1.807, 2.05) is 9.62 Å². The summed E-state index contributed by atoms with van der Waals surface area (Å²) >= 11 is 6.02. The molecule has 1 N–H and O–H groups in total. The van der Waals surface area contributed by atoms with E-state index >= 15 is 0 Å². The van der Waals surface area contributed by atoms with Crippen LogP contribution in [-0.4, -0.2) is 38.8 Å². The quantitative estimate of drug-likeness (QED) is 0.637. The van der Waals surface area contributed by atoms with Gasteiger partial charge in [0.2, 0.25) is 10.0 Å². The largest absolute Gasteiger partial charge is 0.358 e. The van der Waals surface area contributed by atoms with Crippen LogP contribution < -0.4 is 9.62 Å². The van der Waals surface area contributed by atoms with Crippen molar-refractivity contribution in [3.05, 3.63) is 52.6 Å². The van der Waals surface area contributed by atoms with Gasteiger partial charge in [0.25, 0.3) is 0 Å². The molecule has 1 aliphatic carbocycles. The zero-order valence-corrected chi connectivity index (χ0v) is 18.4. The fraction of sp³-hybridized carbons (Fsp3) is 0.429. The fourth-order valence-electron chi connectivity index (χ4n) is 4.16. The Labute approximate surface area is 189 Å². The minimum Gasteiger partial charge on any atom is -0.358 e. The van der Waals surface area contributed by atoms with Crippen molar-refractivity contribution in [1.29, 1.82) is 5.26 Å². The van der Waals surface area contributed by atoms with E-state index in [1.54, 1.807) is 0 Å². The van der Waals surface area contributed by atoms with Crippen LogP contribution >= 0.6 is 11.6 Å². The Balaban J connectivity index is 1.71. The minimum absolute atomic E-state index is 0.0406. The van der Waals surface area contributed by atoms with Crippen LogP contribution in [0.5, 0.6) is 0 Å². The third-order valence-corrected chi connectivity index (χ3v) is 7.77. The molecule has 170 valence electrons. The molecule has 1 saturated carbocycles. The number of nitrogens with one attached hydrogen (secondary N) is 1. The number of hydrogen-bond donors (Lipinski definition) is 1. The van der Waals surface area contributed by atoms with Gasteiger partial charge in [-0.2, -0.15) is 5.26 Å². The SMILES string of the molecule is N#CC1c2cc(F)c(Cl)cc2N(C2CCC2)C1c1ccc(S(=O)(=O)NC(CF)CF)cn1. The number of nitrogens with zero attached hydrogens (tertiary/aromatic N) is 3. The summed E-state index contributed by atoms with van der Waals surface area (Å²) in [5.41, 5.74) is 1.62. The molecule has 0 radical (unpaired) electrons. The molecule has 2 aromatic rings. The van der Waals surface area contributed by atoms with Crippen LogP contribution in [0.1, 0.15) is 42.5 Å². The van der Waals surface area contributed by atoms with E-state index < -0.39 is 47.2 Å². The Bertz CT molecular complexity index is 1150. The molecule has 6 nitrogen and oxygen atoms in total. The van der Waals surface area contributed by atoms with Crippen molar-refractivity contribution in [2.75, 3.05) is 18.2 Å². The molecular weight excluding hydrogens is 465 g/mol. The first-order valence-electron chi connectivity index (χ1n) is 10.1. The van der Waals surface area contributed by atoms with Gasteiger partial charge in [-0.1, -0.05) is 11.6 Å². The van der Waals surface area contributed by atoms with Crippen molar-refractivity contribution in [1.82, 2.24) is 9.71 Å². The Hall–Kier alpha value is -2.35. The zero-order chi connectivity index (χ0) is 23.0.